The Kier molecular flexibility index (Phi) is 6.91. The van der Waals surface area contributed by atoms with E-state index in [-0.39, 0.29) is 18.3 Å². The Hall–Kier alpha value is -2.21. The number of benzene rings is 1. The van der Waals surface area contributed by atoms with Crippen molar-refractivity contribution in [3.63, 3.8) is 0 Å². The minimum absolute atomic E-state index is 0.0853. The lowest BCUT2D eigenvalue weighted by atomic mass is 10.0. The number of nitrogens with one attached hydrogen (secondary N) is 1. The molecule has 0 saturated heterocycles. The molecule has 2 rings (SSSR count). The molecule has 1 N–H and O–H groups in total. The van der Waals surface area contributed by atoms with E-state index in [1.54, 1.807) is 0 Å². The van der Waals surface area contributed by atoms with Gasteiger partial charge in [0.05, 0.1) is 30.3 Å². The standard InChI is InChI=1S/C20H26N2O3S/c1-12(2)10-17-21-14(4)19(26-17)20(24)22-16(11-18(23)25-5)15-8-6-13(3)7-9-15/h6-9,12,16H,10-11H2,1-5H3,(H,22,24). The molecule has 1 heterocycles. The number of nitrogens with zero attached hydrogens (tertiary/aromatic N) is 1. The van der Waals surface area contributed by atoms with Gasteiger partial charge in [0.25, 0.3) is 5.91 Å². The van der Waals surface area contributed by atoms with Crippen molar-refractivity contribution >= 4 is 23.2 Å². The Balaban J connectivity index is 2.21. The number of amides is 1. The van der Waals surface area contributed by atoms with E-state index in [1.165, 1.54) is 18.4 Å². The van der Waals surface area contributed by atoms with E-state index < -0.39 is 6.04 Å². The lowest BCUT2D eigenvalue weighted by Gasteiger charge is -2.18. The highest BCUT2D eigenvalue weighted by atomic mass is 32.1. The number of carbonyl (C=O) groups is 2. The number of aryl methyl sites for hydroxylation is 2. The highest BCUT2D eigenvalue weighted by molar-refractivity contribution is 7.13. The molecule has 1 amide bonds. The van der Waals surface area contributed by atoms with Crippen LogP contribution in [0.25, 0.3) is 0 Å². The van der Waals surface area contributed by atoms with Gasteiger partial charge in [-0.15, -0.1) is 11.3 Å². The van der Waals surface area contributed by atoms with Crippen molar-refractivity contribution in [2.24, 2.45) is 5.92 Å². The molecule has 0 spiro atoms. The third-order valence-corrected chi connectivity index (χ3v) is 5.19. The second kappa shape index (κ2) is 8.94. The molecule has 0 saturated carbocycles. The van der Waals surface area contributed by atoms with Gasteiger partial charge < -0.3 is 10.1 Å². The number of hydrogen-bond donors (Lipinski definition) is 1. The molecular formula is C20H26N2O3S. The van der Waals surface area contributed by atoms with Crippen LogP contribution in [0.5, 0.6) is 0 Å². The van der Waals surface area contributed by atoms with Crippen LogP contribution in [0, 0.1) is 19.8 Å². The van der Waals surface area contributed by atoms with E-state index in [0.717, 1.165) is 28.2 Å². The van der Waals surface area contributed by atoms with Crippen molar-refractivity contribution < 1.29 is 14.3 Å². The summed E-state index contributed by atoms with van der Waals surface area (Å²) in [5, 5.41) is 3.93. The van der Waals surface area contributed by atoms with Crippen molar-refractivity contribution in [1.29, 1.82) is 0 Å². The summed E-state index contributed by atoms with van der Waals surface area (Å²) < 4.78 is 4.78. The van der Waals surface area contributed by atoms with Crippen LogP contribution < -0.4 is 5.32 Å². The zero-order valence-electron chi connectivity index (χ0n) is 16.0. The van der Waals surface area contributed by atoms with E-state index in [9.17, 15) is 9.59 Å². The molecule has 26 heavy (non-hydrogen) atoms. The first kappa shape index (κ1) is 20.1. The number of thiazole rings is 1. The second-order valence-electron chi connectivity index (χ2n) is 6.84. The first-order valence-corrected chi connectivity index (χ1v) is 9.52. The second-order valence-corrected chi connectivity index (χ2v) is 7.92. The minimum Gasteiger partial charge on any atom is -0.469 e. The fourth-order valence-corrected chi connectivity index (χ4v) is 3.80. The Labute approximate surface area is 158 Å². The molecule has 140 valence electrons. The summed E-state index contributed by atoms with van der Waals surface area (Å²) >= 11 is 1.42. The van der Waals surface area contributed by atoms with E-state index in [1.807, 2.05) is 38.1 Å². The van der Waals surface area contributed by atoms with Gasteiger partial charge in [0.1, 0.15) is 4.88 Å². The summed E-state index contributed by atoms with van der Waals surface area (Å²) in [6.07, 6.45) is 0.935. The third kappa shape index (κ3) is 5.39. The van der Waals surface area contributed by atoms with Crippen LogP contribution in [0.3, 0.4) is 0 Å². The topological polar surface area (TPSA) is 68.3 Å². The molecule has 1 aromatic carbocycles. The molecule has 0 aliphatic carbocycles. The molecule has 6 heteroatoms. The SMILES string of the molecule is COC(=O)CC(NC(=O)c1sc(CC(C)C)nc1C)c1ccc(C)cc1. The molecule has 0 aliphatic heterocycles. The van der Waals surface area contributed by atoms with Crippen LogP contribution in [0.15, 0.2) is 24.3 Å². The van der Waals surface area contributed by atoms with Crippen molar-refractivity contribution in [1.82, 2.24) is 10.3 Å². The van der Waals surface area contributed by atoms with Gasteiger partial charge in [-0.2, -0.15) is 0 Å². The van der Waals surface area contributed by atoms with Crippen LogP contribution in [0.1, 0.15) is 57.8 Å². The van der Waals surface area contributed by atoms with Gasteiger partial charge in [-0.1, -0.05) is 43.7 Å². The third-order valence-electron chi connectivity index (χ3n) is 4.01. The molecule has 1 atom stereocenters. The molecule has 1 aromatic heterocycles. The lowest BCUT2D eigenvalue weighted by molar-refractivity contribution is -0.141. The molecular weight excluding hydrogens is 348 g/mol. The molecule has 5 nitrogen and oxygen atoms in total. The minimum atomic E-state index is -0.439. The number of carbonyl (C=O) groups excluding carboxylic acids is 2. The molecule has 2 aromatic rings. The number of aromatic nitrogens is 1. The highest BCUT2D eigenvalue weighted by Gasteiger charge is 2.22. The van der Waals surface area contributed by atoms with Gasteiger partial charge in [-0.3, -0.25) is 9.59 Å². The maximum absolute atomic E-state index is 12.8. The molecule has 0 aliphatic rings. The zero-order valence-corrected chi connectivity index (χ0v) is 16.8. The van der Waals surface area contributed by atoms with Crippen LogP contribution in [0.2, 0.25) is 0 Å². The van der Waals surface area contributed by atoms with Crippen molar-refractivity contribution in [2.45, 2.75) is 46.6 Å². The number of esters is 1. The first-order chi connectivity index (χ1) is 12.3. The predicted octanol–water partition coefficient (Wildman–Crippen LogP) is 3.99. The fraction of sp³-hybridized carbons (Fsp3) is 0.450. The number of ether oxygens (including phenoxy) is 1. The summed E-state index contributed by atoms with van der Waals surface area (Å²) in [6.45, 7) is 8.09. The quantitative estimate of drug-likeness (QED) is 0.744. The van der Waals surface area contributed by atoms with Crippen molar-refractivity contribution in [2.75, 3.05) is 7.11 Å². The normalized spacial score (nSPS) is 12.1. The van der Waals surface area contributed by atoms with Gasteiger partial charge in [0.2, 0.25) is 0 Å². The van der Waals surface area contributed by atoms with Gasteiger partial charge >= 0.3 is 5.97 Å². The molecule has 1 unspecified atom stereocenters. The van der Waals surface area contributed by atoms with E-state index in [4.69, 9.17) is 4.74 Å². The van der Waals surface area contributed by atoms with Gasteiger partial charge in [0.15, 0.2) is 0 Å². The summed E-state index contributed by atoms with van der Waals surface area (Å²) in [5.74, 6) is -0.0852. The first-order valence-electron chi connectivity index (χ1n) is 8.70. The van der Waals surface area contributed by atoms with Crippen molar-refractivity contribution in [3.05, 3.63) is 51.0 Å². The maximum Gasteiger partial charge on any atom is 0.307 e. The highest BCUT2D eigenvalue weighted by Crippen LogP contribution is 2.23. The average molecular weight is 375 g/mol. The zero-order chi connectivity index (χ0) is 19.3. The van der Waals surface area contributed by atoms with E-state index in [0.29, 0.717) is 10.8 Å². The summed E-state index contributed by atoms with van der Waals surface area (Å²) in [5.41, 5.74) is 2.72. The van der Waals surface area contributed by atoms with Crippen LogP contribution in [0.4, 0.5) is 0 Å². The number of rotatable bonds is 7. The summed E-state index contributed by atoms with van der Waals surface area (Å²) in [7, 11) is 1.35. The fourth-order valence-electron chi connectivity index (χ4n) is 2.62. The molecule has 0 radical (unpaired) electrons. The Morgan fingerprint density at radius 1 is 1.19 bits per heavy atom. The summed E-state index contributed by atoms with van der Waals surface area (Å²) in [6, 6.07) is 7.33. The molecule has 0 fully saturated rings. The van der Waals surface area contributed by atoms with Crippen LogP contribution in [-0.4, -0.2) is 24.0 Å². The largest absolute Gasteiger partial charge is 0.469 e. The number of methoxy groups -OCH3 is 1. The van der Waals surface area contributed by atoms with Crippen molar-refractivity contribution in [3.8, 4) is 0 Å². The Morgan fingerprint density at radius 2 is 1.85 bits per heavy atom. The van der Waals surface area contributed by atoms with Crippen LogP contribution in [-0.2, 0) is 16.0 Å². The Bertz CT molecular complexity index is 766. The maximum atomic E-state index is 12.8. The summed E-state index contributed by atoms with van der Waals surface area (Å²) in [4.78, 5) is 29.7. The smallest absolute Gasteiger partial charge is 0.307 e. The average Bonchev–Trinajstić information content (AvgIpc) is 2.94. The molecule has 0 bridgehead atoms. The van der Waals surface area contributed by atoms with Crippen LogP contribution >= 0.6 is 11.3 Å². The van der Waals surface area contributed by atoms with Gasteiger partial charge in [-0.05, 0) is 25.3 Å². The lowest BCUT2D eigenvalue weighted by Crippen LogP contribution is -2.30. The monoisotopic (exact) mass is 374 g/mol. The Morgan fingerprint density at radius 3 is 2.42 bits per heavy atom. The van der Waals surface area contributed by atoms with Gasteiger partial charge in [0, 0.05) is 6.42 Å². The van der Waals surface area contributed by atoms with E-state index in [2.05, 4.69) is 24.1 Å². The predicted molar refractivity (Wildman–Crippen MR) is 103 cm³/mol. The number of hydrogen-bond acceptors (Lipinski definition) is 5. The van der Waals surface area contributed by atoms with E-state index >= 15 is 0 Å². The van der Waals surface area contributed by atoms with Gasteiger partial charge in [-0.25, -0.2) is 4.98 Å².